The van der Waals surface area contributed by atoms with Gasteiger partial charge in [-0.3, -0.25) is 9.79 Å². The van der Waals surface area contributed by atoms with Gasteiger partial charge in [0.05, 0.1) is 23.4 Å². The monoisotopic (exact) mass is 446 g/mol. The second kappa shape index (κ2) is 9.56. The van der Waals surface area contributed by atoms with Crippen molar-refractivity contribution < 1.29 is 23.5 Å². The molecule has 0 fully saturated rings. The van der Waals surface area contributed by atoms with Crippen molar-refractivity contribution in [1.82, 2.24) is 5.32 Å². The molecule has 0 unspecified atom stereocenters. The van der Waals surface area contributed by atoms with Gasteiger partial charge in [-0.1, -0.05) is 30.3 Å². The van der Waals surface area contributed by atoms with Crippen LogP contribution in [0.2, 0.25) is 0 Å². The first kappa shape index (κ1) is 22.1. The number of allylic oxidation sites excluding steroid dienone is 1. The highest BCUT2D eigenvalue weighted by Crippen LogP contribution is 2.25. The van der Waals surface area contributed by atoms with E-state index in [2.05, 4.69) is 10.3 Å². The third kappa shape index (κ3) is 5.03. The van der Waals surface area contributed by atoms with Crippen LogP contribution in [0.3, 0.4) is 0 Å². The molecule has 0 spiro atoms. The molecule has 4 rings (SSSR count). The number of rotatable bonds is 7. The Labute approximate surface area is 189 Å². The third-order valence-electron chi connectivity index (χ3n) is 5.33. The fraction of sp³-hybridized carbons (Fsp3) is 0.115. The number of carbonyl (C=O) groups excluding carboxylic acids is 1. The first-order valence-corrected chi connectivity index (χ1v) is 10.3. The molecule has 7 heteroatoms. The van der Waals surface area contributed by atoms with Crippen molar-refractivity contribution in [2.45, 2.75) is 6.42 Å². The van der Waals surface area contributed by atoms with Crippen LogP contribution in [0.15, 0.2) is 77.8 Å². The Hall–Kier alpha value is -4.13. The molecular weight excluding hydrogens is 426 g/mol. The second-order valence-corrected chi connectivity index (χ2v) is 7.55. The van der Waals surface area contributed by atoms with Crippen molar-refractivity contribution in [3.8, 4) is 0 Å². The van der Waals surface area contributed by atoms with Crippen LogP contribution < -0.4 is 5.32 Å². The Bertz CT molecular complexity index is 1280. The number of aromatic carboxylic acids is 1. The Kier molecular flexibility index (Phi) is 6.40. The van der Waals surface area contributed by atoms with Crippen LogP contribution in [0, 0.1) is 11.6 Å². The molecule has 33 heavy (non-hydrogen) atoms. The number of aliphatic imine (C=N–C) groups is 1. The smallest absolute Gasteiger partial charge is 0.335 e. The van der Waals surface area contributed by atoms with E-state index in [0.717, 1.165) is 16.7 Å². The molecule has 2 N–H and O–H groups in total. The van der Waals surface area contributed by atoms with Crippen LogP contribution in [-0.4, -0.2) is 35.8 Å². The highest BCUT2D eigenvalue weighted by atomic mass is 19.1. The first-order chi connectivity index (χ1) is 15.9. The summed E-state index contributed by atoms with van der Waals surface area (Å²) in [6, 6.07) is 16.7. The maximum atomic E-state index is 14.8. The highest BCUT2D eigenvalue weighted by molar-refractivity contribution is 6.19. The SMILES string of the molecule is O=C(O)c1cccc(CCNC(=O)c2cccc(F)c2C2=NCC(c3ccc(F)cc3)=C2)c1. The van der Waals surface area contributed by atoms with E-state index >= 15 is 0 Å². The summed E-state index contributed by atoms with van der Waals surface area (Å²) in [5.74, 6) is -2.38. The van der Waals surface area contributed by atoms with Gasteiger partial charge in [0, 0.05) is 12.1 Å². The average molecular weight is 446 g/mol. The molecule has 0 saturated carbocycles. The van der Waals surface area contributed by atoms with Crippen molar-refractivity contribution in [2.24, 2.45) is 4.99 Å². The fourth-order valence-corrected chi connectivity index (χ4v) is 3.67. The van der Waals surface area contributed by atoms with E-state index in [1.54, 1.807) is 36.4 Å². The van der Waals surface area contributed by atoms with E-state index in [0.29, 0.717) is 18.7 Å². The molecule has 0 bridgehead atoms. The van der Waals surface area contributed by atoms with E-state index in [9.17, 15) is 18.4 Å². The molecule has 1 amide bonds. The second-order valence-electron chi connectivity index (χ2n) is 7.55. The van der Waals surface area contributed by atoms with Gasteiger partial charge in [0.15, 0.2) is 0 Å². The minimum atomic E-state index is -1.02. The lowest BCUT2D eigenvalue weighted by Gasteiger charge is -2.11. The van der Waals surface area contributed by atoms with E-state index in [1.807, 2.05) is 0 Å². The van der Waals surface area contributed by atoms with Crippen molar-refractivity contribution in [1.29, 1.82) is 0 Å². The van der Waals surface area contributed by atoms with Gasteiger partial charge in [0.25, 0.3) is 5.91 Å². The van der Waals surface area contributed by atoms with Gasteiger partial charge in [0.1, 0.15) is 11.6 Å². The minimum Gasteiger partial charge on any atom is -0.478 e. The lowest BCUT2D eigenvalue weighted by atomic mass is 9.99. The van der Waals surface area contributed by atoms with Crippen molar-refractivity contribution >= 4 is 23.2 Å². The van der Waals surface area contributed by atoms with E-state index < -0.39 is 17.7 Å². The first-order valence-electron chi connectivity index (χ1n) is 10.3. The summed E-state index contributed by atoms with van der Waals surface area (Å²) in [5, 5.41) is 11.9. The summed E-state index contributed by atoms with van der Waals surface area (Å²) in [7, 11) is 0. The Morgan fingerprint density at radius 3 is 2.52 bits per heavy atom. The van der Waals surface area contributed by atoms with E-state index in [1.165, 1.54) is 36.4 Å². The summed E-state index contributed by atoms with van der Waals surface area (Å²) in [6.45, 7) is 0.553. The number of nitrogens with one attached hydrogen (secondary N) is 1. The number of carbonyl (C=O) groups is 2. The predicted octanol–water partition coefficient (Wildman–Crippen LogP) is 4.52. The lowest BCUT2D eigenvalue weighted by molar-refractivity contribution is 0.0696. The summed E-state index contributed by atoms with van der Waals surface area (Å²) >= 11 is 0. The van der Waals surface area contributed by atoms with Crippen molar-refractivity contribution in [3.63, 3.8) is 0 Å². The number of hydrogen-bond donors (Lipinski definition) is 2. The molecule has 3 aromatic carbocycles. The minimum absolute atomic E-state index is 0.111. The number of halogens is 2. The number of hydrogen-bond acceptors (Lipinski definition) is 3. The van der Waals surface area contributed by atoms with Gasteiger partial charge in [-0.05, 0) is 65.6 Å². The topological polar surface area (TPSA) is 78.8 Å². The van der Waals surface area contributed by atoms with Crippen molar-refractivity contribution in [3.05, 3.63) is 112 Å². The predicted molar refractivity (Wildman–Crippen MR) is 122 cm³/mol. The quantitative estimate of drug-likeness (QED) is 0.560. The van der Waals surface area contributed by atoms with Crippen LogP contribution in [-0.2, 0) is 6.42 Å². The van der Waals surface area contributed by atoms with Gasteiger partial charge in [-0.25, -0.2) is 13.6 Å². The molecule has 0 radical (unpaired) electrons. The largest absolute Gasteiger partial charge is 0.478 e. The summed E-state index contributed by atoms with van der Waals surface area (Å²) in [5.41, 5.74) is 3.14. The molecule has 0 atom stereocenters. The van der Waals surface area contributed by atoms with E-state index in [4.69, 9.17) is 5.11 Å². The fourth-order valence-electron chi connectivity index (χ4n) is 3.67. The molecule has 0 saturated heterocycles. The van der Waals surface area contributed by atoms with Crippen LogP contribution in [0.4, 0.5) is 8.78 Å². The molecular formula is C26H20F2N2O3. The van der Waals surface area contributed by atoms with Gasteiger partial charge in [0.2, 0.25) is 0 Å². The number of carboxylic acid groups (broad SMARTS) is 1. The summed E-state index contributed by atoms with van der Waals surface area (Å²) < 4.78 is 28.0. The maximum Gasteiger partial charge on any atom is 0.335 e. The van der Waals surface area contributed by atoms with Crippen molar-refractivity contribution in [2.75, 3.05) is 13.1 Å². The summed E-state index contributed by atoms with van der Waals surface area (Å²) in [4.78, 5) is 28.3. The maximum absolute atomic E-state index is 14.8. The molecule has 166 valence electrons. The van der Waals surface area contributed by atoms with Gasteiger partial charge in [-0.2, -0.15) is 0 Å². The van der Waals surface area contributed by atoms with Crippen LogP contribution in [0.25, 0.3) is 5.57 Å². The normalized spacial score (nSPS) is 12.8. The van der Waals surface area contributed by atoms with E-state index in [-0.39, 0.29) is 29.1 Å². The number of carboxylic acids is 1. The zero-order valence-electron chi connectivity index (χ0n) is 17.5. The lowest BCUT2D eigenvalue weighted by Crippen LogP contribution is -2.27. The zero-order chi connectivity index (χ0) is 23.4. The standard InChI is InChI=1S/C26H20F2N2O3/c27-20-9-7-17(8-10-20)19-14-23(30-15-19)24-21(5-2-6-22(24)28)25(31)29-12-11-16-3-1-4-18(13-16)26(32)33/h1-10,13-14H,11-12,15H2,(H,29,31)(H,32,33). The number of benzene rings is 3. The Balaban J connectivity index is 1.50. The molecule has 1 aliphatic heterocycles. The Morgan fingerprint density at radius 2 is 1.76 bits per heavy atom. The molecule has 1 heterocycles. The van der Waals surface area contributed by atoms with Gasteiger partial charge in [-0.15, -0.1) is 0 Å². The van der Waals surface area contributed by atoms with Gasteiger partial charge < -0.3 is 10.4 Å². The van der Waals surface area contributed by atoms with Gasteiger partial charge >= 0.3 is 5.97 Å². The number of amides is 1. The van der Waals surface area contributed by atoms with Crippen LogP contribution in [0.5, 0.6) is 0 Å². The zero-order valence-corrected chi connectivity index (χ0v) is 17.5. The Morgan fingerprint density at radius 1 is 1.00 bits per heavy atom. The van der Waals surface area contributed by atoms with Crippen LogP contribution in [0.1, 0.15) is 37.4 Å². The molecule has 0 aliphatic carbocycles. The van der Waals surface area contributed by atoms with Crippen LogP contribution >= 0.6 is 0 Å². The highest BCUT2D eigenvalue weighted by Gasteiger charge is 2.21. The molecule has 0 aromatic heterocycles. The molecule has 5 nitrogen and oxygen atoms in total. The molecule has 3 aromatic rings. The molecule has 1 aliphatic rings. The average Bonchev–Trinajstić information content (AvgIpc) is 3.29. The third-order valence-corrected chi connectivity index (χ3v) is 5.33. The number of nitrogens with zero attached hydrogens (tertiary/aromatic N) is 1. The summed E-state index contributed by atoms with van der Waals surface area (Å²) in [6.07, 6.45) is 2.13.